The first-order valence-electron chi connectivity index (χ1n) is 7.38. The molecule has 0 radical (unpaired) electrons. The number of aryl methyl sites for hydroxylation is 1. The average molecular weight is 311 g/mol. The number of amides is 1. The van der Waals surface area contributed by atoms with Crippen molar-refractivity contribution in [3.8, 4) is 0 Å². The monoisotopic (exact) mass is 311 g/mol. The minimum Gasteiger partial charge on any atom is -0.350 e. The third-order valence-electron chi connectivity index (χ3n) is 3.90. The van der Waals surface area contributed by atoms with Gasteiger partial charge in [-0.3, -0.25) is 9.69 Å². The highest BCUT2D eigenvalue weighted by Crippen LogP contribution is 2.25. The molecule has 1 N–H and O–H groups in total. The third-order valence-corrected chi connectivity index (χ3v) is 4.77. The number of anilines is 1. The summed E-state index contributed by atoms with van der Waals surface area (Å²) in [6.07, 6.45) is 2.02. The lowest BCUT2D eigenvalue weighted by Crippen LogP contribution is -2.41. The zero-order valence-electron chi connectivity index (χ0n) is 12.2. The molecule has 0 unspecified atom stereocenters. The molecule has 0 aromatic carbocycles. The Hall–Kier alpha value is -1.02. The highest BCUT2D eigenvalue weighted by Gasteiger charge is 2.30. The molecular weight excluding hydrogens is 290 g/mol. The lowest BCUT2D eigenvalue weighted by molar-refractivity contribution is -0.119. The minimum atomic E-state index is -0.0285. The maximum absolute atomic E-state index is 12.0. The molecule has 3 heterocycles. The molecule has 0 atom stereocenters. The Kier molecular flexibility index (Phi) is 4.84. The van der Waals surface area contributed by atoms with Crippen molar-refractivity contribution in [1.82, 2.24) is 9.88 Å². The van der Waals surface area contributed by atoms with Crippen LogP contribution in [0.2, 0.25) is 0 Å². The van der Waals surface area contributed by atoms with Crippen LogP contribution in [0.1, 0.15) is 18.5 Å². The van der Waals surface area contributed by atoms with Crippen LogP contribution in [-0.2, 0) is 14.3 Å². The number of nitrogens with one attached hydrogen (secondary N) is 1. The molecule has 2 fully saturated rings. The summed E-state index contributed by atoms with van der Waals surface area (Å²) in [5.41, 5.74) is 0.938. The molecule has 0 spiro atoms. The number of hydrogen-bond acceptors (Lipinski definition) is 6. The number of aromatic nitrogens is 1. The van der Waals surface area contributed by atoms with E-state index in [4.69, 9.17) is 9.47 Å². The van der Waals surface area contributed by atoms with Crippen LogP contribution in [0.4, 0.5) is 5.13 Å². The Bertz CT molecular complexity index is 480. The number of thiazole rings is 1. The molecular formula is C14H21N3O3S. The Morgan fingerprint density at radius 2 is 2.14 bits per heavy atom. The van der Waals surface area contributed by atoms with Gasteiger partial charge in [0.25, 0.3) is 0 Å². The van der Waals surface area contributed by atoms with Gasteiger partial charge in [-0.2, -0.15) is 0 Å². The molecule has 0 saturated carbocycles. The molecule has 2 aliphatic heterocycles. The van der Waals surface area contributed by atoms with E-state index in [9.17, 15) is 4.79 Å². The van der Waals surface area contributed by atoms with Gasteiger partial charge in [0.15, 0.2) is 11.4 Å². The fourth-order valence-corrected chi connectivity index (χ4v) is 3.51. The summed E-state index contributed by atoms with van der Waals surface area (Å²) in [6, 6.07) is 0. The Morgan fingerprint density at radius 3 is 2.76 bits per heavy atom. The van der Waals surface area contributed by atoms with E-state index in [2.05, 4.69) is 15.2 Å². The Labute approximate surface area is 128 Å². The van der Waals surface area contributed by atoms with Gasteiger partial charge in [-0.25, -0.2) is 4.98 Å². The molecule has 0 aliphatic carbocycles. The smallest absolute Gasteiger partial charge is 0.240 e. The van der Waals surface area contributed by atoms with Gasteiger partial charge in [-0.15, -0.1) is 11.3 Å². The van der Waals surface area contributed by atoms with Crippen LogP contribution in [0.5, 0.6) is 0 Å². The SMILES string of the molecule is Cc1csc(NC(=O)CN2CCC(C3OCCO3)CC2)n1. The third kappa shape index (κ3) is 4.00. The minimum absolute atomic E-state index is 0.0103. The van der Waals surface area contributed by atoms with Crippen molar-refractivity contribution in [2.75, 3.05) is 38.2 Å². The summed E-state index contributed by atoms with van der Waals surface area (Å²) < 4.78 is 11.1. The Balaban J connectivity index is 1.41. The van der Waals surface area contributed by atoms with Gasteiger partial charge < -0.3 is 14.8 Å². The second-order valence-electron chi connectivity index (χ2n) is 5.57. The van der Waals surface area contributed by atoms with E-state index < -0.39 is 0 Å². The highest BCUT2D eigenvalue weighted by molar-refractivity contribution is 7.13. The van der Waals surface area contributed by atoms with Crippen LogP contribution in [0.3, 0.4) is 0 Å². The lowest BCUT2D eigenvalue weighted by Gasteiger charge is -2.33. The zero-order chi connectivity index (χ0) is 14.7. The lowest BCUT2D eigenvalue weighted by atomic mass is 9.96. The fraction of sp³-hybridized carbons (Fsp3) is 0.714. The van der Waals surface area contributed by atoms with Crippen LogP contribution in [0.15, 0.2) is 5.38 Å². The summed E-state index contributed by atoms with van der Waals surface area (Å²) in [5, 5.41) is 5.47. The predicted molar refractivity (Wildman–Crippen MR) is 80.3 cm³/mol. The van der Waals surface area contributed by atoms with Gasteiger partial charge >= 0.3 is 0 Å². The molecule has 2 saturated heterocycles. The predicted octanol–water partition coefficient (Wildman–Crippen LogP) is 1.47. The quantitative estimate of drug-likeness (QED) is 0.912. The molecule has 7 heteroatoms. The highest BCUT2D eigenvalue weighted by atomic mass is 32.1. The van der Waals surface area contributed by atoms with Crippen molar-refractivity contribution in [1.29, 1.82) is 0 Å². The van der Waals surface area contributed by atoms with Crippen LogP contribution in [0, 0.1) is 12.8 Å². The summed E-state index contributed by atoms with van der Waals surface area (Å²) in [7, 11) is 0. The van der Waals surface area contributed by atoms with Crippen LogP contribution >= 0.6 is 11.3 Å². The number of carbonyl (C=O) groups is 1. The summed E-state index contributed by atoms with van der Waals surface area (Å²) in [5.74, 6) is 0.476. The van der Waals surface area contributed by atoms with Gasteiger partial charge in [0.05, 0.1) is 25.5 Å². The second kappa shape index (κ2) is 6.83. The Morgan fingerprint density at radius 1 is 1.43 bits per heavy atom. The molecule has 3 rings (SSSR count). The van der Waals surface area contributed by atoms with Gasteiger partial charge in [0.2, 0.25) is 5.91 Å². The van der Waals surface area contributed by atoms with Gasteiger partial charge in [-0.05, 0) is 32.9 Å². The van der Waals surface area contributed by atoms with Gasteiger partial charge in [-0.1, -0.05) is 0 Å². The number of ether oxygens (including phenoxy) is 2. The number of rotatable bonds is 4. The van der Waals surface area contributed by atoms with Crippen molar-refractivity contribution in [2.45, 2.75) is 26.1 Å². The molecule has 6 nitrogen and oxygen atoms in total. The molecule has 1 aromatic rings. The van der Waals surface area contributed by atoms with Crippen molar-refractivity contribution in [3.05, 3.63) is 11.1 Å². The fourth-order valence-electron chi connectivity index (χ4n) is 2.81. The summed E-state index contributed by atoms with van der Waals surface area (Å²) in [4.78, 5) is 18.4. The first-order valence-corrected chi connectivity index (χ1v) is 8.26. The summed E-state index contributed by atoms with van der Waals surface area (Å²) in [6.45, 7) is 5.60. The molecule has 0 bridgehead atoms. The van der Waals surface area contributed by atoms with Crippen molar-refractivity contribution < 1.29 is 14.3 Å². The number of carbonyl (C=O) groups excluding carboxylic acids is 1. The zero-order valence-corrected chi connectivity index (χ0v) is 13.0. The average Bonchev–Trinajstić information content (AvgIpc) is 3.11. The number of piperidine rings is 1. The molecule has 1 amide bonds. The topological polar surface area (TPSA) is 63.7 Å². The maximum atomic E-state index is 12.0. The van der Waals surface area contributed by atoms with Crippen molar-refractivity contribution in [2.24, 2.45) is 5.92 Å². The van der Waals surface area contributed by atoms with E-state index in [1.54, 1.807) is 0 Å². The normalized spacial score (nSPS) is 21.8. The van der Waals surface area contributed by atoms with E-state index in [1.807, 2.05) is 12.3 Å². The van der Waals surface area contributed by atoms with Crippen LogP contribution < -0.4 is 5.32 Å². The van der Waals surface area contributed by atoms with Crippen molar-refractivity contribution in [3.63, 3.8) is 0 Å². The standard InChI is InChI=1S/C14H21N3O3S/c1-10-9-21-14(15-10)16-12(18)8-17-4-2-11(3-5-17)13-19-6-7-20-13/h9,11,13H,2-8H2,1H3,(H,15,16,18). The van der Waals surface area contributed by atoms with E-state index in [0.717, 1.165) is 31.6 Å². The number of likely N-dealkylation sites (tertiary alicyclic amines) is 1. The molecule has 116 valence electrons. The number of hydrogen-bond donors (Lipinski definition) is 1. The maximum Gasteiger partial charge on any atom is 0.240 e. The second-order valence-corrected chi connectivity index (χ2v) is 6.42. The first-order chi connectivity index (χ1) is 10.2. The van der Waals surface area contributed by atoms with Crippen LogP contribution in [0.25, 0.3) is 0 Å². The van der Waals surface area contributed by atoms with Gasteiger partial charge in [0.1, 0.15) is 0 Å². The van der Waals surface area contributed by atoms with E-state index >= 15 is 0 Å². The molecule has 1 aromatic heterocycles. The number of nitrogens with zero attached hydrogens (tertiary/aromatic N) is 2. The van der Waals surface area contributed by atoms with Crippen molar-refractivity contribution >= 4 is 22.4 Å². The molecule has 2 aliphatic rings. The van der Waals surface area contributed by atoms with E-state index in [0.29, 0.717) is 30.8 Å². The molecule has 21 heavy (non-hydrogen) atoms. The van der Waals surface area contributed by atoms with E-state index in [1.165, 1.54) is 11.3 Å². The summed E-state index contributed by atoms with van der Waals surface area (Å²) >= 11 is 1.46. The van der Waals surface area contributed by atoms with Gasteiger partial charge in [0, 0.05) is 11.3 Å². The van der Waals surface area contributed by atoms with Crippen LogP contribution in [-0.4, -0.2) is 54.9 Å². The largest absolute Gasteiger partial charge is 0.350 e. The first kappa shape index (κ1) is 14.9. The van der Waals surface area contributed by atoms with E-state index in [-0.39, 0.29) is 12.2 Å².